The van der Waals surface area contributed by atoms with Gasteiger partial charge < -0.3 is 10.0 Å². The molecule has 136 valence electrons. The Morgan fingerprint density at radius 1 is 1.07 bits per heavy atom. The second-order valence-corrected chi connectivity index (χ2v) is 6.13. The van der Waals surface area contributed by atoms with E-state index < -0.39 is 11.9 Å². The number of rotatable bonds is 5. The Morgan fingerprint density at radius 3 is 2.33 bits per heavy atom. The number of carbonyl (C=O) groups excluding carboxylic acids is 1. The number of hydrogen-bond donors (Lipinski definition) is 1. The summed E-state index contributed by atoms with van der Waals surface area (Å²) in [7, 11) is 3.93. The summed E-state index contributed by atoms with van der Waals surface area (Å²) in [5.74, 6) is -1.71. The smallest absolute Gasteiger partial charge is 0.357 e. The minimum Gasteiger partial charge on any atom is -0.476 e. The number of nitrogens with zero attached hydrogens (tertiary/aromatic N) is 3. The Kier molecular flexibility index (Phi) is 5.17. The van der Waals surface area contributed by atoms with Crippen LogP contribution in [0.3, 0.4) is 0 Å². The van der Waals surface area contributed by atoms with Gasteiger partial charge in [0, 0.05) is 19.8 Å². The van der Waals surface area contributed by atoms with Crippen molar-refractivity contribution < 1.29 is 14.7 Å². The van der Waals surface area contributed by atoms with E-state index >= 15 is 0 Å². The minimum absolute atomic E-state index is 0.0486. The van der Waals surface area contributed by atoms with Gasteiger partial charge in [-0.3, -0.25) is 4.79 Å². The number of carboxylic acids is 1. The molecule has 0 radical (unpaired) electrons. The molecule has 1 aliphatic heterocycles. The van der Waals surface area contributed by atoms with Crippen LogP contribution in [0.25, 0.3) is 6.08 Å². The number of anilines is 2. The molecule has 1 heterocycles. The lowest BCUT2D eigenvalue weighted by molar-refractivity contribution is -0.129. The second kappa shape index (κ2) is 7.70. The van der Waals surface area contributed by atoms with Crippen LogP contribution in [-0.2, 0) is 9.59 Å². The zero-order valence-electron chi connectivity index (χ0n) is 15.0. The van der Waals surface area contributed by atoms with E-state index in [0.29, 0.717) is 5.69 Å². The van der Waals surface area contributed by atoms with Crippen molar-refractivity contribution in [1.82, 2.24) is 0 Å². The van der Waals surface area contributed by atoms with E-state index in [0.717, 1.165) is 16.3 Å². The highest BCUT2D eigenvalue weighted by molar-refractivity contribution is 6.52. The molecule has 1 N–H and O–H groups in total. The molecule has 0 aliphatic carbocycles. The number of hydrazone groups is 1. The average molecular weight is 361 g/mol. The molecule has 0 spiro atoms. The van der Waals surface area contributed by atoms with Gasteiger partial charge in [0.1, 0.15) is 0 Å². The van der Waals surface area contributed by atoms with Crippen LogP contribution in [-0.4, -0.2) is 36.8 Å². The molecule has 0 aromatic heterocycles. The van der Waals surface area contributed by atoms with Crippen LogP contribution in [0.4, 0.5) is 11.4 Å². The van der Waals surface area contributed by atoms with Gasteiger partial charge in [-0.15, -0.1) is 0 Å². The van der Waals surface area contributed by atoms with Gasteiger partial charge >= 0.3 is 5.97 Å². The highest BCUT2D eigenvalue weighted by Gasteiger charge is 2.34. The van der Waals surface area contributed by atoms with Crippen molar-refractivity contribution in [2.45, 2.75) is 0 Å². The van der Waals surface area contributed by atoms with Gasteiger partial charge in [-0.2, -0.15) is 10.1 Å². The first-order valence-corrected chi connectivity index (χ1v) is 8.35. The number of benzene rings is 2. The van der Waals surface area contributed by atoms with E-state index in [1.807, 2.05) is 55.4 Å². The van der Waals surface area contributed by atoms with Crippen molar-refractivity contribution in [1.29, 1.82) is 0 Å². The maximum atomic E-state index is 12.6. The third kappa shape index (κ3) is 3.95. The molecule has 1 amide bonds. The van der Waals surface area contributed by atoms with Gasteiger partial charge in [-0.1, -0.05) is 42.5 Å². The van der Waals surface area contributed by atoms with Gasteiger partial charge in [0.25, 0.3) is 5.91 Å². The van der Waals surface area contributed by atoms with E-state index in [9.17, 15) is 14.7 Å². The summed E-state index contributed by atoms with van der Waals surface area (Å²) in [6.45, 7) is 0. The molecule has 3 rings (SSSR count). The van der Waals surface area contributed by atoms with Gasteiger partial charge in [0.15, 0.2) is 5.71 Å². The monoisotopic (exact) mass is 361 g/mol. The number of carbonyl (C=O) groups is 2. The standard InChI is InChI=1S/C21H19N3O3/c1-23(2)16-13-11-15(12-14-16)7-6-10-18-19(21(26)27)22-24(20(18)25)17-8-4-3-5-9-17/h3-14H,1-2H3,(H,26,27). The predicted molar refractivity (Wildman–Crippen MR) is 107 cm³/mol. The van der Waals surface area contributed by atoms with E-state index in [2.05, 4.69) is 5.10 Å². The lowest BCUT2D eigenvalue weighted by Crippen LogP contribution is -2.22. The molecule has 0 saturated heterocycles. The molecule has 0 fully saturated rings. The van der Waals surface area contributed by atoms with Crippen molar-refractivity contribution in [2.75, 3.05) is 24.0 Å². The van der Waals surface area contributed by atoms with Gasteiger partial charge in [0.2, 0.25) is 0 Å². The molecule has 27 heavy (non-hydrogen) atoms. The number of para-hydroxylation sites is 1. The predicted octanol–water partition coefficient (Wildman–Crippen LogP) is 3.18. The Bertz CT molecular complexity index is 942. The Morgan fingerprint density at radius 2 is 1.74 bits per heavy atom. The van der Waals surface area contributed by atoms with Crippen LogP contribution in [0.15, 0.2) is 77.4 Å². The van der Waals surface area contributed by atoms with Gasteiger partial charge in [-0.25, -0.2) is 4.79 Å². The van der Waals surface area contributed by atoms with Gasteiger partial charge in [0.05, 0.1) is 11.3 Å². The largest absolute Gasteiger partial charge is 0.476 e. The molecule has 2 aromatic rings. The number of amides is 1. The summed E-state index contributed by atoms with van der Waals surface area (Å²) in [5.41, 5.74) is 2.32. The highest BCUT2D eigenvalue weighted by atomic mass is 16.4. The van der Waals surface area contributed by atoms with Crippen LogP contribution in [0, 0.1) is 0 Å². The third-order valence-corrected chi connectivity index (χ3v) is 4.04. The molecule has 0 unspecified atom stereocenters. The number of aliphatic carboxylic acids is 1. The minimum atomic E-state index is -1.24. The second-order valence-electron chi connectivity index (χ2n) is 6.13. The molecule has 6 heteroatoms. The molecule has 0 saturated carbocycles. The fourth-order valence-electron chi connectivity index (χ4n) is 2.61. The summed E-state index contributed by atoms with van der Waals surface area (Å²) in [4.78, 5) is 26.1. The molecule has 6 nitrogen and oxygen atoms in total. The summed E-state index contributed by atoms with van der Waals surface area (Å²) in [6.07, 6.45) is 4.95. The fraction of sp³-hybridized carbons (Fsp3) is 0.0952. The van der Waals surface area contributed by atoms with Crippen LogP contribution >= 0.6 is 0 Å². The van der Waals surface area contributed by atoms with E-state index in [4.69, 9.17) is 0 Å². The Hall–Kier alpha value is -3.67. The summed E-state index contributed by atoms with van der Waals surface area (Å²) in [5, 5.41) is 14.5. The van der Waals surface area contributed by atoms with Crippen molar-refractivity contribution in [3.8, 4) is 0 Å². The lowest BCUT2D eigenvalue weighted by atomic mass is 10.1. The zero-order valence-corrected chi connectivity index (χ0v) is 15.0. The van der Waals surface area contributed by atoms with Crippen molar-refractivity contribution in [2.24, 2.45) is 5.10 Å². The van der Waals surface area contributed by atoms with Crippen LogP contribution in [0.1, 0.15) is 5.56 Å². The molecule has 2 aromatic carbocycles. The van der Waals surface area contributed by atoms with Crippen LogP contribution in [0.5, 0.6) is 0 Å². The summed E-state index contributed by atoms with van der Waals surface area (Å²) in [6, 6.07) is 16.6. The SMILES string of the molecule is CN(C)c1ccc(C=CC=C2C(=O)N(c3ccccc3)N=C2C(=O)O)cc1. The van der Waals surface area contributed by atoms with Crippen LogP contribution < -0.4 is 9.91 Å². The van der Waals surface area contributed by atoms with E-state index in [1.54, 1.807) is 30.3 Å². The maximum Gasteiger partial charge on any atom is 0.357 e. The first-order chi connectivity index (χ1) is 13.0. The Labute approximate surface area is 157 Å². The average Bonchev–Trinajstić information content (AvgIpc) is 3.00. The molecular formula is C21H19N3O3. The number of allylic oxidation sites excluding steroid dienone is 2. The molecule has 0 atom stereocenters. The topological polar surface area (TPSA) is 73.2 Å². The van der Waals surface area contributed by atoms with Crippen molar-refractivity contribution >= 4 is 35.0 Å². The van der Waals surface area contributed by atoms with Crippen LogP contribution in [0.2, 0.25) is 0 Å². The first-order valence-electron chi connectivity index (χ1n) is 8.35. The Balaban J connectivity index is 1.85. The van der Waals surface area contributed by atoms with Crippen molar-refractivity contribution in [3.63, 3.8) is 0 Å². The maximum absolute atomic E-state index is 12.6. The summed E-state index contributed by atoms with van der Waals surface area (Å²) < 4.78 is 0. The van der Waals surface area contributed by atoms with E-state index in [-0.39, 0.29) is 11.3 Å². The first kappa shape index (κ1) is 18.1. The third-order valence-electron chi connectivity index (χ3n) is 4.04. The highest BCUT2D eigenvalue weighted by Crippen LogP contribution is 2.23. The summed E-state index contributed by atoms with van der Waals surface area (Å²) >= 11 is 0. The van der Waals surface area contributed by atoms with Gasteiger partial charge in [-0.05, 0) is 35.9 Å². The van der Waals surface area contributed by atoms with Crippen molar-refractivity contribution in [3.05, 3.63) is 77.9 Å². The number of carboxylic acid groups (broad SMARTS) is 1. The molecular weight excluding hydrogens is 342 g/mol. The lowest BCUT2D eigenvalue weighted by Gasteiger charge is -2.11. The normalized spacial score (nSPS) is 15.5. The van der Waals surface area contributed by atoms with E-state index in [1.165, 1.54) is 6.08 Å². The quantitative estimate of drug-likeness (QED) is 0.830. The number of hydrogen-bond acceptors (Lipinski definition) is 4. The zero-order chi connectivity index (χ0) is 19.4. The molecule has 1 aliphatic rings. The molecule has 0 bridgehead atoms. The fourth-order valence-corrected chi connectivity index (χ4v) is 2.61.